The molecule has 0 fully saturated rings. The molecule has 1 amide bonds. The quantitative estimate of drug-likeness (QED) is 0.815. The summed E-state index contributed by atoms with van der Waals surface area (Å²) < 4.78 is 4.76. The van der Waals surface area contributed by atoms with Gasteiger partial charge in [0.25, 0.3) is 0 Å². The van der Waals surface area contributed by atoms with Gasteiger partial charge >= 0.3 is 5.97 Å². The van der Waals surface area contributed by atoms with Crippen molar-refractivity contribution in [3.8, 4) is 5.69 Å². The number of hydrogen-bond donors (Lipinski definition) is 1. The zero-order valence-electron chi connectivity index (χ0n) is 11.7. The third kappa shape index (κ3) is 4.41. The highest BCUT2D eigenvalue weighted by Crippen LogP contribution is 2.12. The Kier molecular flexibility index (Phi) is 5.03. The van der Waals surface area contributed by atoms with Crippen LogP contribution in [0.1, 0.15) is 19.8 Å². The molecule has 0 saturated carbocycles. The van der Waals surface area contributed by atoms with Crippen LogP contribution in [-0.2, 0) is 14.3 Å². The summed E-state index contributed by atoms with van der Waals surface area (Å²) in [6.45, 7) is 2.05. The van der Waals surface area contributed by atoms with Gasteiger partial charge in [0.1, 0.15) is 0 Å². The zero-order chi connectivity index (χ0) is 15.1. The summed E-state index contributed by atoms with van der Waals surface area (Å²) in [5, 5.41) is 10.7. The lowest BCUT2D eigenvalue weighted by Crippen LogP contribution is -2.14. The van der Waals surface area contributed by atoms with Crippen LogP contribution < -0.4 is 5.32 Å². The van der Waals surface area contributed by atoms with E-state index in [4.69, 9.17) is 4.74 Å². The van der Waals surface area contributed by atoms with E-state index in [2.05, 4.69) is 15.5 Å². The molecular formula is C14H16N4O3. The number of esters is 1. The molecule has 1 aromatic heterocycles. The smallest absolute Gasteiger partial charge is 0.306 e. The molecule has 110 valence electrons. The first-order valence-electron chi connectivity index (χ1n) is 6.61. The van der Waals surface area contributed by atoms with Gasteiger partial charge in [-0.15, -0.1) is 0 Å². The van der Waals surface area contributed by atoms with E-state index in [0.29, 0.717) is 12.3 Å². The minimum atomic E-state index is -0.368. The van der Waals surface area contributed by atoms with Gasteiger partial charge in [-0.2, -0.15) is 15.0 Å². The molecule has 7 heteroatoms. The summed E-state index contributed by atoms with van der Waals surface area (Å²) in [5.41, 5.74) is 1.45. The van der Waals surface area contributed by atoms with Crippen LogP contribution in [0.25, 0.3) is 5.69 Å². The van der Waals surface area contributed by atoms with E-state index < -0.39 is 0 Å². The molecule has 0 atom stereocenters. The van der Waals surface area contributed by atoms with Gasteiger partial charge in [0, 0.05) is 12.1 Å². The SMILES string of the molecule is CCOC(=O)CCC(=O)Nc1ccc(-n2nccn2)cc1. The molecule has 0 aliphatic carbocycles. The van der Waals surface area contributed by atoms with Crippen LogP contribution in [0.5, 0.6) is 0 Å². The van der Waals surface area contributed by atoms with Crippen LogP contribution >= 0.6 is 0 Å². The topological polar surface area (TPSA) is 86.1 Å². The Balaban J connectivity index is 1.85. The first-order chi connectivity index (χ1) is 10.2. The number of benzene rings is 1. The van der Waals surface area contributed by atoms with Gasteiger partial charge in [-0.1, -0.05) is 0 Å². The molecule has 0 unspecified atom stereocenters. The zero-order valence-corrected chi connectivity index (χ0v) is 11.7. The molecule has 7 nitrogen and oxygen atoms in total. The highest BCUT2D eigenvalue weighted by atomic mass is 16.5. The normalized spacial score (nSPS) is 10.1. The van der Waals surface area contributed by atoms with Crippen molar-refractivity contribution in [2.24, 2.45) is 0 Å². The second-order valence-electron chi connectivity index (χ2n) is 4.22. The first kappa shape index (κ1) is 14.7. The van der Waals surface area contributed by atoms with E-state index in [1.54, 1.807) is 43.6 Å². The minimum Gasteiger partial charge on any atom is -0.466 e. The summed E-state index contributed by atoms with van der Waals surface area (Å²) in [5.74, 6) is -0.597. The van der Waals surface area contributed by atoms with E-state index in [-0.39, 0.29) is 24.7 Å². The summed E-state index contributed by atoms with van der Waals surface area (Å²) in [6.07, 6.45) is 3.35. The molecule has 0 radical (unpaired) electrons. The van der Waals surface area contributed by atoms with Crippen molar-refractivity contribution in [1.82, 2.24) is 15.0 Å². The lowest BCUT2D eigenvalue weighted by Gasteiger charge is -2.06. The lowest BCUT2D eigenvalue weighted by molar-refractivity contribution is -0.144. The van der Waals surface area contributed by atoms with Crippen LogP contribution in [0, 0.1) is 0 Å². The Morgan fingerprint density at radius 2 is 1.81 bits per heavy atom. The third-order valence-electron chi connectivity index (χ3n) is 2.66. The molecule has 21 heavy (non-hydrogen) atoms. The molecular weight excluding hydrogens is 272 g/mol. The van der Waals surface area contributed by atoms with Crippen LogP contribution in [0.4, 0.5) is 5.69 Å². The number of anilines is 1. The molecule has 1 aromatic carbocycles. The molecule has 1 N–H and O–H groups in total. The number of ether oxygens (including phenoxy) is 1. The summed E-state index contributed by atoms with van der Waals surface area (Å²) in [6, 6.07) is 7.09. The van der Waals surface area contributed by atoms with Crippen molar-refractivity contribution >= 4 is 17.6 Å². The van der Waals surface area contributed by atoms with Gasteiger partial charge in [-0.25, -0.2) is 0 Å². The highest BCUT2D eigenvalue weighted by molar-refractivity contribution is 5.92. The van der Waals surface area contributed by atoms with Gasteiger partial charge in [-0.3, -0.25) is 9.59 Å². The predicted octanol–water partition coefficient (Wildman–Crippen LogP) is 1.55. The Morgan fingerprint density at radius 3 is 2.43 bits per heavy atom. The van der Waals surface area contributed by atoms with E-state index in [9.17, 15) is 9.59 Å². The van der Waals surface area contributed by atoms with E-state index in [0.717, 1.165) is 5.69 Å². The van der Waals surface area contributed by atoms with E-state index >= 15 is 0 Å². The molecule has 1 heterocycles. The van der Waals surface area contributed by atoms with Gasteiger partial charge in [0.15, 0.2) is 0 Å². The number of hydrogen-bond acceptors (Lipinski definition) is 5. The van der Waals surface area contributed by atoms with Gasteiger partial charge in [0.2, 0.25) is 5.91 Å². The second-order valence-corrected chi connectivity index (χ2v) is 4.22. The fraction of sp³-hybridized carbons (Fsp3) is 0.286. The van der Waals surface area contributed by atoms with E-state index in [1.165, 1.54) is 4.80 Å². The number of amides is 1. The van der Waals surface area contributed by atoms with Gasteiger partial charge in [0.05, 0.1) is 31.1 Å². The Morgan fingerprint density at radius 1 is 1.14 bits per heavy atom. The van der Waals surface area contributed by atoms with Crippen LogP contribution in [0.15, 0.2) is 36.7 Å². The second kappa shape index (κ2) is 7.18. The summed E-state index contributed by atoms with van der Waals surface area (Å²) in [7, 11) is 0. The largest absolute Gasteiger partial charge is 0.466 e. The number of rotatable bonds is 6. The van der Waals surface area contributed by atoms with Gasteiger partial charge in [-0.05, 0) is 31.2 Å². The Bertz CT molecular complexity index is 593. The Hall–Kier alpha value is -2.70. The Labute approximate surface area is 121 Å². The number of aromatic nitrogens is 3. The minimum absolute atomic E-state index is 0.0783. The predicted molar refractivity (Wildman–Crippen MR) is 75.9 cm³/mol. The average Bonchev–Trinajstić information content (AvgIpc) is 3.00. The summed E-state index contributed by atoms with van der Waals surface area (Å²) in [4.78, 5) is 24.3. The van der Waals surface area contributed by atoms with Crippen molar-refractivity contribution in [2.75, 3.05) is 11.9 Å². The average molecular weight is 288 g/mol. The van der Waals surface area contributed by atoms with Crippen molar-refractivity contribution in [2.45, 2.75) is 19.8 Å². The monoisotopic (exact) mass is 288 g/mol. The maximum absolute atomic E-state index is 11.7. The molecule has 0 bridgehead atoms. The fourth-order valence-corrected chi connectivity index (χ4v) is 1.70. The standard InChI is InChI=1S/C14H16N4O3/c1-2-21-14(20)8-7-13(19)17-11-3-5-12(6-4-11)18-15-9-10-16-18/h3-6,9-10H,2,7-8H2,1H3,(H,17,19). The van der Waals surface area contributed by atoms with Crippen LogP contribution in [-0.4, -0.2) is 33.5 Å². The molecule has 0 saturated heterocycles. The molecule has 2 rings (SSSR count). The fourth-order valence-electron chi connectivity index (χ4n) is 1.70. The van der Waals surface area contributed by atoms with Crippen LogP contribution in [0.3, 0.4) is 0 Å². The van der Waals surface area contributed by atoms with Crippen molar-refractivity contribution in [1.29, 1.82) is 0 Å². The molecule has 0 aliphatic rings. The van der Waals surface area contributed by atoms with Crippen LogP contribution in [0.2, 0.25) is 0 Å². The first-order valence-corrected chi connectivity index (χ1v) is 6.61. The molecule has 0 aliphatic heterocycles. The number of carbonyl (C=O) groups excluding carboxylic acids is 2. The van der Waals surface area contributed by atoms with Gasteiger partial charge < -0.3 is 10.1 Å². The number of nitrogens with one attached hydrogen (secondary N) is 1. The van der Waals surface area contributed by atoms with Crippen molar-refractivity contribution in [3.63, 3.8) is 0 Å². The molecule has 0 spiro atoms. The number of nitrogens with zero attached hydrogens (tertiary/aromatic N) is 3. The lowest BCUT2D eigenvalue weighted by atomic mass is 10.2. The number of carbonyl (C=O) groups is 2. The van der Waals surface area contributed by atoms with Crippen molar-refractivity contribution in [3.05, 3.63) is 36.7 Å². The van der Waals surface area contributed by atoms with Crippen molar-refractivity contribution < 1.29 is 14.3 Å². The third-order valence-corrected chi connectivity index (χ3v) is 2.66. The maximum atomic E-state index is 11.7. The maximum Gasteiger partial charge on any atom is 0.306 e. The molecule has 2 aromatic rings. The highest BCUT2D eigenvalue weighted by Gasteiger charge is 2.08. The summed E-state index contributed by atoms with van der Waals surface area (Å²) >= 11 is 0. The van der Waals surface area contributed by atoms with E-state index in [1.807, 2.05) is 0 Å².